The number of benzene rings is 1. The third kappa shape index (κ3) is 1.99. The fraction of sp³-hybridized carbons (Fsp3) is 0.231. The summed E-state index contributed by atoms with van der Waals surface area (Å²) in [5.74, 6) is -1.01. The van der Waals surface area contributed by atoms with E-state index in [4.69, 9.17) is 16.7 Å². The first-order valence-electron chi connectivity index (χ1n) is 5.41. The molecule has 1 heterocycles. The first kappa shape index (κ1) is 12.6. The van der Waals surface area contributed by atoms with Crippen LogP contribution in [0.2, 0.25) is 5.02 Å². The number of carbonyl (C=O) groups is 1. The van der Waals surface area contributed by atoms with Crippen LogP contribution in [0.4, 0.5) is 0 Å². The molecule has 1 N–H and O–H groups in total. The van der Waals surface area contributed by atoms with Gasteiger partial charge in [-0.3, -0.25) is 9.59 Å². The molecule has 1 aromatic heterocycles. The van der Waals surface area contributed by atoms with Crippen molar-refractivity contribution in [2.24, 2.45) is 7.05 Å². The number of halogens is 1. The van der Waals surface area contributed by atoms with Crippen molar-refractivity contribution in [1.82, 2.24) is 4.57 Å². The molecule has 0 aliphatic rings. The van der Waals surface area contributed by atoms with Gasteiger partial charge in [0, 0.05) is 23.0 Å². The molecule has 0 atom stereocenters. The van der Waals surface area contributed by atoms with E-state index >= 15 is 0 Å². The molecule has 1 aromatic carbocycles. The molecular formula is C13H12ClNO3. The number of hydrogen-bond donors (Lipinski definition) is 1. The number of aromatic nitrogens is 1. The average molecular weight is 266 g/mol. The molecule has 0 aliphatic carbocycles. The van der Waals surface area contributed by atoms with Crippen LogP contribution >= 0.6 is 11.6 Å². The minimum atomic E-state index is -1.01. The summed E-state index contributed by atoms with van der Waals surface area (Å²) in [4.78, 5) is 22.9. The Kier molecular flexibility index (Phi) is 3.13. The highest BCUT2D eigenvalue weighted by Gasteiger charge is 2.14. The number of rotatable bonds is 2. The zero-order valence-electron chi connectivity index (χ0n) is 10.0. The highest BCUT2D eigenvalue weighted by Crippen LogP contribution is 2.22. The summed E-state index contributed by atoms with van der Waals surface area (Å²) in [7, 11) is 1.62. The van der Waals surface area contributed by atoms with Crippen LogP contribution in [-0.4, -0.2) is 15.6 Å². The van der Waals surface area contributed by atoms with E-state index in [1.165, 1.54) is 4.57 Å². The van der Waals surface area contributed by atoms with E-state index in [9.17, 15) is 9.59 Å². The predicted octanol–water partition coefficient (Wildman–Crippen LogP) is 2.13. The van der Waals surface area contributed by atoms with Gasteiger partial charge in [0.2, 0.25) is 0 Å². The number of pyridine rings is 1. The maximum Gasteiger partial charge on any atom is 0.308 e. The van der Waals surface area contributed by atoms with E-state index in [1.807, 2.05) is 0 Å². The quantitative estimate of drug-likeness (QED) is 0.905. The van der Waals surface area contributed by atoms with E-state index in [0.717, 1.165) is 5.39 Å². The van der Waals surface area contributed by atoms with Crippen molar-refractivity contribution in [3.63, 3.8) is 0 Å². The average Bonchev–Trinajstić information content (AvgIpc) is 2.31. The van der Waals surface area contributed by atoms with Gasteiger partial charge in [-0.1, -0.05) is 17.7 Å². The van der Waals surface area contributed by atoms with Gasteiger partial charge in [-0.2, -0.15) is 0 Å². The van der Waals surface area contributed by atoms with Crippen LogP contribution in [-0.2, 0) is 18.3 Å². The maximum absolute atomic E-state index is 12.1. The second kappa shape index (κ2) is 4.46. The molecule has 2 aromatic rings. The number of fused-ring (bicyclic) bond motifs is 1. The van der Waals surface area contributed by atoms with Gasteiger partial charge < -0.3 is 9.67 Å². The zero-order valence-corrected chi connectivity index (χ0v) is 10.8. The van der Waals surface area contributed by atoms with Crippen LogP contribution in [0, 0.1) is 6.92 Å². The van der Waals surface area contributed by atoms with Gasteiger partial charge in [0.15, 0.2) is 0 Å². The van der Waals surface area contributed by atoms with Gasteiger partial charge in [0.25, 0.3) is 5.56 Å². The van der Waals surface area contributed by atoms with E-state index in [1.54, 1.807) is 32.2 Å². The molecule has 94 valence electrons. The monoisotopic (exact) mass is 265 g/mol. The van der Waals surface area contributed by atoms with E-state index < -0.39 is 5.97 Å². The van der Waals surface area contributed by atoms with Crippen molar-refractivity contribution in [2.75, 3.05) is 0 Å². The topological polar surface area (TPSA) is 59.3 Å². The van der Waals surface area contributed by atoms with Crippen molar-refractivity contribution < 1.29 is 9.90 Å². The van der Waals surface area contributed by atoms with Gasteiger partial charge in [0.1, 0.15) is 0 Å². The second-order valence-corrected chi connectivity index (χ2v) is 4.64. The number of carboxylic acids is 1. The van der Waals surface area contributed by atoms with Crippen molar-refractivity contribution in [3.05, 3.63) is 44.7 Å². The molecule has 0 unspecified atom stereocenters. The summed E-state index contributed by atoms with van der Waals surface area (Å²) >= 11 is 5.91. The summed E-state index contributed by atoms with van der Waals surface area (Å²) in [6.45, 7) is 1.76. The normalized spacial score (nSPS) is 10.8. The summed E-state index contributed by atoms with van der Waals surface area (Å²) in [6, 6.07) is 5.24. The van der Waals surface area contributed by atoms with Crippen LogP contribution in [0.1, 0.15) is 11.1 Å². The molecule has 0 aliphatic heterocycles. The van der Waals surface area contributed by atoms with Crippen LogP contribution in [0.25, 0.3) is 10.9 Å². The summed E-state index contributed by atoms with van der Waals surface area (Å²) in [6.07, 6.45) is -0.267. The van der Waals surface area contributed by atoms with Crippen molar-refractivity contribution in [3.8, 4) is 0 Å². The van der Waals surface area contributed by atoms with Crippen molar-refractivity contribution in [1.29, 1.82) is 0 Å². The molecule has 0 saturated carbocycles. The molecule has 4 nitrogen and oxygen atoms in total. The fourth-order valence-corrected chi connectivity index (χ4v) is 2.26. The molecule has 0 bridgehead atoms. The predicted molar refractivity (Wildman–Crippen MR) is 70.3 cm³/mol. The van der Waals surface area contributed by atoms with Gasteiger partial charge in [-0.05, 0) is 24.6 Å². The Morgan fingerprint density at radius 3 is 2.72 bits per heavy atom. The Hall–Kier alpha value is -1.81. The Morgan fingerprint density at radius 1 is 1.44 bits per heavy atom. The number of carboxylic acid groups (broad SMARTS) is 1. The Bertz CT molecular complexity index is 703. The number of nitrogens with zero attached hydrogens (tertiary/aromatic N) is 1. The number of hydrogen-bond acceptors (Lipinski definition) is 2. The third-order valence-electron chi connectivity index (χ3n) is 3.07. The molecule has 5 heteroatoms. The van der Waals surface area contributed by atoms with Gasteiger partial charge in [-0.25, -0.2) is 0 Å². The van der Waals surface area contributed by atoms with Crippen LogP contribution in [0.5, 0.6) is 0 Å². The molecule has 0 fully saturated rings. The highest BCUT2D eigenvalue weighted by atomic mass is 35.5. The van der Waals surface area contributed by atoms with Gasteiger partial charge in [-0.15, -0.1) is 0 Å². The first-order chi connectivity index (χ1) is 8.41. The first-order valence-corrected chi connectivity index (χ1v) is 5.79. The summed E-state index contributed by atoms with van der Waals surface area (Å²) in [5, 5.41) is 10.2. The van der Waals surface area contributed by atoms with Crippen LogP contribution < -0.4 is 5.56 Å². The maximum atomic E-state index is 12.1. The fourth-order valence-electron chi connectivity index (χ4n) is 2.09. The Balaban J connectivity index is 2.87. The minimum Gasteiger partial charge on any atom is -0.481 e. The third-order valence-corrected chi connectivity index (χ3v) is 3.30. The van der Waals surface area contributed by atoms with Gasteiger partial charge in [0.05, 0.1) is 11.9 Å². The SMILES string of the molecule is Cc1c(CC(=O)O)c(=O)n(C)c2cc(Cl)ccc12. The van der Waals surface area contributed by atoms with Crippen LogP contribution in [0.3, 0.4) is 0 Å². The smallest absolute Gasteiger partial charge is 0.308 e. The summed E-state index contributed by atoms with van der Waals surface area (Å²) < 4.78 is 1.44. The lowest BCUT2D eigenvalue weighted by Gasteiger charge is -2.12. The summed E-state index contributed by atoms with van der Waals surface area (Å²) in [5.41, 5.74) is 1.44. The largest absolute Gasteiger partial charge is 0.481 e. The number of aliphatic carboxylic acids is 1. The lowest BCUT2D eigenvalue weighted by Crippen LogP contribution is -2.25. The molecular weight excluding hydrogens is 254 g/mol. The molecule has 18 heavy (non-hydrogen) atoms. The highest BCUT2D eigenvalue weighted by molar-refractivity contribution is 6.31. The molecule has 2 rings (SSSR count). The van der Waals surface area contributed by atoms with Crippen molar-refractivity contribution >= 4 is 28.5 Å². The lowest BCUT2D eigenvalue weighted by molar-refractivity contribution is -0.136. The van der Waals surface area contributed by atoms with E-state index in [0.29, 0.717) is 21.7 Å². The second-order valence-electron chi connectivity index (χ2n) is 4.20. The van der Waals surface area contributed by atoms with E-state index in [2.05, 4.69) is 0 Å². The number of aryl methyl sites for hydroxylation is 2. The standard InChI is InChI=1S/C13H12ClNO3/c1-7-9-4-3-8(14)5-11(9)15(2)13(18)10(7)6-12(16)17/h3-5H,6H2,1-2H3,(H,16,17). The Labute approximate surface area is 108 Å². The molecule has 0 amide bonds. The van der Waals surface area contributed by atoms with Gasteiger partial charge >= 0.3 is 5.97 Å². The lowest BCUT2D eigenvalue weighted by atomic mass is 10.0. The molecule has 0 spiro atoms. The zero-order chi connectivity index (χ0) is 13.4. The minimum absolute atomic E-state index is 0.267. The van der Waals surface area contributed by atoms with E-state index in [-0.39, 0.29) is 12.0 Å². The molecule has 0 saturated heterocycles. The molecule has 0 radical (unpaired) electrons. The van der Waals surface area contributed by atoms with Crippen LogP contribution in [0.15, 0.2) is 23.0 Å². The van der Waals surface area contributed by atoms with Crippen molar-refractivity contribution in [2.45, 2.75) is 13.3 Å². The Morgan fingerprint density at radius 2 is 2.11 bits per heavy atom.